The van der Waals surface area contributed by atoms with Crippen LogP contribution in [-0.2, 0) is 0 Å². The smallest absolute Gasteiger partial charge is 0.164 e. The highest BCUT2D eigenvalue weighted by Gasteiger charge is 2.22. The quantitative estimate of drug-likeness (QED) is 0.161. The summed E-state index contributed by atoms with van der Waals surface area (Å²) in [4.78, 5) is 15.7. The molecule has 0 bridgehead atoms. The maximum atomic E-state index is 6.97. The van der Waals surface area contributed by atoms with Gasteiger partial charge in [-0.3, -0.25) is 0 Å². The molecule has 3 aromatic heterocycles. The highest BCUT2D eigenvalue weighted by atomic mass is 16.3. The Morgan fingerprint density at radius 3 is 1.53 bits per heavy atom. The number of hydrogen-bond acceptors (Lipinski definition) is 4. The van der Waals surface area contributed by atoms with Gasteiger partial charge in [-0.1, -0.05) is 182 Å². The Labute approximate surface area is 357 Å². The van der Waals surface area contributed by atoms with Gasteiger partial charge in [0, 0.05) is 43.9 Å². The van der Waals surface area contributed by atoms with Crippen molar-refractivity contribution in [3.63, 3.8) is 0 Å². The van der Waals surface area contributed by atoms with Gasteiger partial charge in [-0.05, 0) is 69.8 Å². The number of aromatic nitrogens is 4. The van der Waals surface area contributed by atoms with Crippen molar-refractivity contribution in [1.29, 1.82) is 0 Å². The molecule has 3 heterocycles. The third kappa shape index (κ3) is 6.06. The molecule has 0 saturated heterocycles. The van der Waals surface area contributed by atoms with Gasteiger partial charge in [0.15, 0.2) is 23.1 Å². The van der Waals surface area contributed by atoms with Crippen molar-refractivity contribution in [2.75, 3.05) is 0 Å². The Morgan fingerprint density at radius 1 is 0.339 bits per heavy atom. The predicted molar refractivity (Wildman–Crippen MR) is 254 cm³/mol. The van der Waals surface area contributed by atoms with Gasteiger partial charge in [0.1, 0.15) is 5.58 Å². The average Bonchev–Trinajstić information content (AvgIpc) is 3.91. The summed E-state index contributed by atoms with van der Waals surface area (Å²) in [5.74, 6) is 1.77. The van der Waals surface area contributed by atoms with E-state index >= 15 is 0 Å². The zero-order chi connectivity index (χ0) is 41.0. The average molecular weight is 793 g/mol. The molecular formula is C57H36N4O. The van der Waals surface area contributed by atoms with E-state index in [-0.39, 0.29) is 0 Å². The molecule has 5 heteroatoms. The summed E-state index contributed by atoms with van der Waals surface area (Å²) in [6, 6.07) is 76.2. The Hall–Kier alpha value is -8.41. The summed E-state index contributed by atoms with van der Waals surface area (Å²) in [7, 11) is 0. The van der Waals surface area contributed by atoms with Crippen LogP contribution in [0, 0.1) is 0 Å². The van der Waals surface area contributed by atoms with Crippen molar-refractivity contribution in [3.8, 4) is 73.2 Å². The highest BCUT2D eigenvalue weighted by molar-refractivity contribution is 6.23. The van der Waals surface area contributed by atoms with E-state index in [1.807, 2.05) is 30.3 Å². The second-order valence-corrected chi connectivity index (χ2v) is 15.6. The minimum Gasteiger partial charge on any atom is -0.454 e. The number of nitrogens with zero attached hydrogens (tertiary/aromatic N) is 4. The molecule has 0 radical (unpaired) electrons. The topological polar surface area (TPSA) is 56.7 Å². The van der Waals surface area contributed by atoms with E-state index in [2.05, 4.69) is 193 Å². The number of rotatable bonds is 7. The first-order chi connectivity index (χ1) is 30.7. The molecule has 0 atom stereocenters. The van der Waals surface area contributed by atoms with Crippen LogP contribution < -0.4 is 0 Å². The van der Waals surface area contributed by atoms with Gasteiger partial charge >= 0.3 is 0 Å². The fourth-order valence-corrected chi connectivity index (χ4v) is 8.88. The lowest BCUT2D eigenvalue weighted by atomic mass is 10.0. The van der Waals surface area contributed by atoms with E-state index in [1.165, 1.54) is 16.5 Å². The van der Waals surface area contributed by atoms with Crippen LogP contribution in [0.4, 0.5) is 0 Å². The molecule has 0 aliphatic rings. The summed E-state index contributed by atoms with van der Waals surface area (Å²) in [5, 5.41) is 4.25. The molecule has 9 aromatic carbocycles. The molecule has 5 nitrogen and oxygen atoms in total. The summed E-state index contributed by atoms with van der Waals surface area (Å²) < 4.78 is 9.31. The van der Waals surface area contributed by atoms with Crippen LogP contribution in [0.3, 0.4) is 0 Å². The molecule has 0 spiro atoms. The maximum Gasteiger partial charge on any atom is 0.164 e. The third-order valence-electron chi connectivity index (χ3n) is 11.9. The normalized spacial score (nSPS) is 11.5. The van der Waals surface area contributed by atoms with E-state index in [0.29, 0.717) is 17.5 Å². The van der Waals surface area contributed by atoms with Crippen molar-refractivity contribution in [2.24, 2.45) is 0 Å². The number of benzene rings is 9. The molecule has 0 amide bonds. The lowest BCUT2D eigenvalue weighted by molar-refractivity contribution is 0.671. The molecule has 12 rings (SSSR count). The minimum atomic E-state index is 0.577. The largest absolute Gasteiger partial charge is 0.454 e. The van der Waals surface area contributed by atoms with Crippen LogP contribution in [0.15, 0.2) is 223 Å². The van der Waals surface area contributed by atoms with Crippen molar-refractivity contribution in [1.82, 2.24) is 19.5 Å². The zero-order valence-electron chi connectivity index (χ0n) is 33.5. The Morgan fingerprint density at radius 2 is 0.839 bits per heavy atom. The van der Waals surface area contributed by atoms with Gasteiger partial charge in [-0.25, -0.2) is 15.0 Å². The Bertz CT molecular complexity index is 3590. The monoisotopic (exact) mass is 792 g/mol. The second-order valence-electron chi connectivity index (χ2n) is 15.6. The lowest BCUT2D eigenvalue weighted by Gasteiger charge is -2.11. The summed E-state index contributed by atoms with van der Waals surface area (Å²) in [5.41, 5.74) is 14.3. The van der Waals surface area contributed by atoms with Crippen LogP contribution in [0.1, 0.15) is 0 Å². The van der Waals surface area contributed by atoms with Crippen molar-refractivity contribution < 1.29 is 4.42 Å². The standard InChI is InChI=1S/C57H36N4O/c1-4-14-37(15-5-1)40-26-28-42(29-27-40)55-58-56(44-21-12-20-43(36-44)39-18-8-3-9-19-39)60-57(59-55)49-23-13-25-51-52(49)48-35-34-47-46-22-10-11-24-50(46)61(53(47)54(48)62-51)45-32-30-41(31-33-45)38-16-6-2-7-17-38/h1-36H. The molecule has 62 heavy (non-hydrogen) atoms. The fourth-order valence-electron chi connectivity index (χ4n) is 8.88. The first-order valence-electron chi connectivity index (χ1n) is 20.8. The van der Waals surface area contributed by atoms with Crippen LogP contribution in [0.25, 0.3) is 117 Å². The first kappa shape index (κ1) is 35.5. The van der Waals surface area contributed by atoms with E-state index in [9.17, 15) is 0 Å². The molecule has 0 aliphatic carbocycles. The SMILES string of the molecule is c1ccc(-c2ccc(-c3nc(-c4cccc(-c5ccccc5)c4)nc(-c4cccc5oc6c(ccc7c8ccccc8n(-c8ccc(-c9ccccc9)cc8)c76)c45)n3)cc2)cc1. The first-order valence-corrected chi connectivity index (χ1v) is 20.8. The van der Waals surface area contributed by atoms with Crippen LogP contribution in [0.2, 0.25) is 0 Å². The number of fused-ring (bicyclic) bond motifs is 7. The van der Waals surface area contributed by atoms with Gasteiger partial charge in [-0.15, -0.1) is 0 Å². The minimum absolute atomic E-state index is 0.577. The number of para-hydroxylation sites is 1. The molecular weight excluding hydrogens is 757 g/mol. The molecule has 0 unspecified atom stereocenters. The van der Waals surface area contributed by atoms with Gasteiger partial charge < -0.3 is 8.98 Å². The van der Waals surface area contributed by atoms with Gasteiger partial charge in [-0.2, -0.15) is 0 Å². The van der Waals surface area contributed by atoms with Gasteiger partial charge in [0.25, 0.3) is 0 Å². The molecule has 0 saturated carbocycles. The fraction of sp³-hybridized carbons (Fsp3) is 0. The number of hydrogen-bond donors (Lipinski definition) is 0. The number of furan rings is 1. The third-order valence-corrected chi connectivity index (χ3v) is 11.9. The molecule has 290 valence electrons. The van der Waals surface area contributed by atoms with Crippen LogP contribution in [0.5, 0.6) is 0 Å². The lowest BCUT2D eigenvalue weighted by Crippen LogP contribution is -2.00. The summed E-state index contributed by atoms with van der Waals surface area (Å²) in [6.45, 7) is 0. The van der Waals surface area contributed by atoms with Crippen LogP contribution in [-0.4, -0.2) is 19.5 Å². The summed E-state index contributed by atoms with van der Waals surface area (Å²) >= 11 is 0. The van der Waals surface area contributed by atoms with E-state index in [1.54, 1.807) is 0 Å². The molecule has 12 aromatic rings. The van der Waals surface area contributed by atoms with E-state index < -0.39 is 0 Å². The van der Waals surface area contributed by atoms with Crippen molar-refractivity contribution >= 4 is 43.7 Å². The highest BCUT2D eigenvalue weighted by Crippen LogP contribution is 2.43. The van der Waals surface area contributed by atoms with Crippen LogP contribution >= 0.6 is 0 Å². The van der Waals surface area contributed by atoms with E-state index in [0.717, 1.165) is 83.0 Å². The van der Waals surface area contributed by atoms with Crippen molar-refractivity contribution in [2.45, 2.75) is 0 Å². The van der Waals surface area contributed by atoms with Gasteiger partial charge in [0.2, 0.25) is 0 Å². The molecule has 0 aliphatic heterocycles. The zero-order valence-corrected chi connectivity index (χ0v) is 33.5. The predicted octanol–water partition coefficient (Wildman–Crippen LogP) is 14.9. The summed E-state index contributed by atoms with van der Waals surface area (Å²) in [6.07, 6.45) is 0. The molecule has 0 fully saturated rings. The maximum absolute atomic E-state index is 6.97. The Balaban J connectivity index is 1.06. The molecule has 0 N–H and O–H groups in total. The van der Waals surface area contributed by atoms with Crippen molar-refractivity contribution in [3.05, 3.63) is 218 Å². The van der Waals surface area contributed by atoms with Gasteiger partial charge in [0.05, 0.1) is 11.0 Å². The second kappa shape index (κ2) is 14.7. The Kier molecular flexibility index (Phi) is 8.42. The van der Waals surface area contributed by atoms with E-state index in [4.69, 9.17) is 19.4 Å².